The number of hydrogen-bond donors (Lipinski definition) is 4. The van der Waals surface area contributed by atoms with Gasteiger partial charge in [0.1, 0.15) is 34.9 Å². The number of furan rings is 1. The molecule has 4 N–H and O–H groups in total. The molecule has 0 bridgehead atoms. The monoisotopic (exact) mass is 493 g/mol. The Hall–Kier alpha value is -2.99. The molecule has 4 atom stereocenters. The average Bonchev–Trinajstić information content (AvgIpc) is 3.16. The summed E-state index contributed by atoms with van der Waals surface area (Å²) in [6, 6.07) is 2.76. The molecule has 0 radical (unpaired) electrons. The highest BCUT2D eigenvalue weighted by molar-refractivity contribution is 7.88. The predicted molar refractivity (Wildman–Crippen MR) is 123 cm³/mol. The number of esters is 1. The van der Waals surface area contributed by atoms with Crippen molar-refractivity contribution < 1.29 is 42.5 Å². The number of carbonyl (C=O) groups is 2. The summed E-state index contributed by atoms with van der Waals surface area (Å²) in [6.45, 7) is 3.18. The number of aliphatic hydroxyl groups excluding tert-OH is 2. The first-order chi connectivity index (χ1) is 15.9. The summed E-state index contributed by atoms with van der Waals surface area (Å²) in [5.41, 5.74) is 0.272. The topological polar surface area (TPSA) is 163 Å². The fourth-order valence-electron chi connectivity index (χ4n) is 3.40. The van der Waals surface area contributed by atoms with Crippen molar-refractivity contribution in [2.45, 2.75) is 45.1 Å². The lowest BCUT2D eigenvalue weighted by molar-refractivity contribution is -0.127. The SMILES string of the molecule is C[C@@H]1OC(=O)c2c(O)cc3oc(CNS(C)(=O)=O)cc3c2/C=C/C[C@H](O)[C@H](O)C(=O)/C=C\[C@@H]1C. The maximum absolute atomic E-state index is 13.0. The van der Waals surface area contributed by atoms with Crippen molar-refractivity contribution in [3.8, 4) is 5.75 Å². The molecular formula is C23H27NO9S. The number of sulfonamides is 1. The fraction of sp³-hybridized carbons (Fsp3) is 0.391. The van der Waals surface area contributed by atoms with E-state index >= 15 is 0 Å². The van der Waals surface area contributed by atoms with Gasteiger partial charge in [-0.3, -0.25) is 4.79 Å². The van der Waals surface area contributed by atoms with Gasteiger partial charge in [0.05, 0.1) is 18.9 Å². The summed E-state index contributed by atoms with van der Waals surface area (Å²) in [4.78, 5) is 25.2. The van der Waals surface area contributed by atoms with Gasteiger partial charge in [-0.2, -0.15) is 0 Å². The molecule has 34 heavy (non-hydrogen) atoms. The molecule has 0 spiro atoms. The molecule has 11 heteroatoms. The molecule has 0 amide bonds. The number of cyclic esters (lactones) is 1. The summed E-state index contributed by atoms with van der Waals surface area (Å²) in [6.07, 6.45) is 2.65. The molecule has 0 aliphatic carbocycles. The number of aliphatic hydroxyl groups is 2. The first-order valence-electron chi connectivity index (χ1n) is 10.6. The predicted octanol–water partition coefficient (Wildman–Crippen LogP) is 1.63. The van der Waals surface area contributed by atoms with E-state index in [0.717, 1.165) is 12.3 Å². The normalized spacial score (nSPS) is 26.5. The summed E-state index contributed by atoms with van der Waals surface area (Å²) >= 11 is 0. The van der Waals surface area contributed by atoms with Crippen LogP contribution in [0.2, 0.25) is 0 Å². The minimum Gasteiger partial charge on any atom is -0.507 e. The van der Waals surface area contributed by atoms with E-state index in [1.165, 1.54) is 30.4 Å². The van der Waals surface area contributed by atoms with Crippen LogP contribution >= 0.6 is 0 Å². The molecule has 1 aliphatic rings. The van der Waals surface area contributed by atoms with Crippen LogP contribution in [0.25, 0.3) is 17.0 Å². The number of ketones is 1. The molecular weight excluding hydrogens is 466 g/mol. The van der Waals surface area contributed by atoms with Crippen molar-refractivity contribution in [1.29, 1.82) is 0 Å². The lowest BCUT2D eigenvalue weighted by Gasteiger charge is -2.20. The number of phenols is 1. The van der Waals surface area contributed by atoms with Crippen molar-refractivity contribution in [3.63, 3.8) is 0 Å². The summed E-state index contributed by atoms with van der Waals surface area (Å²) < 4.78 is 36.3. The van der Waals surface area contributed by atoms with Crippen molar-refractivity contribution in [2.24, 2.45) is 5.92 Å². The number of ether oxygens (including phenoxy) is 1. The van der Waals surface area contributed by atoms with Gasteiger partial charge in [0.25, 0.3) is 0 Å². The van der Waals surface area contributed by atoms with E-state index in [1.54, 1.807) is 13.8 Å². The minimum absolute atomic E-state index is 0.126. The van der Waals surface area contributed by atoms with E-state index in [4.69, 9.17) is 9.15 Å². The third-order valence-electron chi connectivity index (χ3n) is 5.52. The number of benzene rings is 1. The molecule has 0 saturated carbocycles. The van der Waals surface area contributed by atoms with Gasteiger partial charge in [-0.15, -0.1) is 0 Å². The van der Waals surface area contributed by atoms with Crippen LogP contribution in [-0.4, -0.2) is 60.1 Å². The van der Waals surface area contributed by atoms with Crippen LogP contribution in [0.4, 0.5) is 0 Å². The van der Waals surface area contributed by atoms with Crippen LogP contribution in [0.15, 0.2) is 34.8 Å². The molecule has 184 valence electrons. The highest BCUT2D eigenvalue weighted by Gasteiger charge is 2.26. The van der Waals surface area contributed by atoms with Gasteiger partial charge in [-0.1, -0.05) is 25.2 Å². The zero-order chi connectivity index (χ0) is 25.2. The van der Waals surface area contributed by atoms with Gasteiger partial charge in [0, 0.05) is 22.9 Å². The second-order valence-corrected chi connectivity index (χ2v) is 10.1. The summed E-state index contributed by atoms with van der Waals surface area (Å²) in [7, 11) is -3.49. The van der Waals surface area contributed by atoms with Crippen molar-refractivity contribution >= 4 is 38.8 Å². The molecule has 2 heterocycles. The second-order valence-electron chi connectivity index (χ2n) is 8.28. The lowest BCUT2D eigenvalue weighted by Crippen LogP contribution is -2.32. The van der Waals surface area contributed by atoms with Crippen molar-refractivity contribution in [3.05, 3.63) is 47.2 Å². The van der Waals surface area contributed by atoms with Crippen LogP contribution in [0.1, 0.15) is 41.9 Å². The second kappa shape index (κ2) is 10.1. The number of aromatic hydroxyl groups is 1. The highest BCUT2D eigenvalue weighted by atomic mass is 32.2. The number of carbonyl (C=O) groups excluding carboxylic acids is 2. The molecule has 10 nitrogen and oxygen atoms in total. The Morgan fingerprint density at radius 2 is 1.85 bits per heavy atom. The smallest absolute Gasteiger partial charge is 0.342 e. The Morgan fingerprint density at radius 1 is 1.15 bits per heavy atom. The Labute approximate surface area is 196 Å². The molecule has 0 saturated heterocycles. The first-order valence-corrected chi connectivity index (χ1v) is 12.4. The largest absolute Gasteiger partial charge is 0.507 e. The van der Waals surface area contributed by atoms with E-state index in [0.29, 0.717) is 5.39 Å². The molecule has 1 aromatic heterocycles. The van der Waals surface area contributed by atoms with E-state index < -0.39 is 51.8 Å². The Bertz CT molecular complexity index is 1260. The zero-order valence-electron chi connectivity index (χ0n) is 18.9. The lowest BCUT2D eigenvalue weighted by atomic mass is 9.98. The molecule has 3 rings (SSSR count). The zero-order valence-corrected chi connectivity index (χ0v) is 19.7. The third-order valence-corrected chi connectivity index (χ3v) is 6.19. The third kappa shape index (κ3) is 5.92. The molecule has 0 fully saturated rings. The Balaban J connectivity index is 2.12. The van der Waals surface area contributed by atoms with Crippen LogP contribution < -0.4 is 4.72 Å². The molecule has 1 aliphatic heterocycles. The number of phenolic OH excluding ortho intramolecular Hbond substituents is 1. The van der Waals surface area contributed by atoms with Gasteiger partial charge >= 0.3 is 5.97 Å². The fourth-order valence-corrected chi connectivity index (χ4v) is 3.81. The Kier molecular flexibility index (Phi) is 7.61. The maximum Gasteiger partial charge on any atom is 0.342 e. The summed E-state index contributed by atoms with van der Waals surface area (Å²) in [5.74, 6) is -2.07. The van der Waals surface area contributed by atoms with Crippen LogP contribution in [0.3, 0.4) is 0 Å². The van der Waals surface area contributed by atoms with Gasteiger partial charge in [0.2, 0.25) is 10.0 Å². The van der Waals surface area contributed by atoms with Gasteiger partial charge in [-0.05, 0) is 25.5 Å². The van der Waals surface area contributed by atoms with E-state index in [1.807, 2.05) is 0 Å². The van der Waals surface area contributed by atoms with Crippen molar-refractivity contribution in [2.75, 3.05) is 6.26 Å². The Morgan fingerprint density at radius 3 is 2.53 bits per heavy atom. The minimum atomic E-state index is -3.49. The van der Waals surface area contributed by atoms with Gasteiger partial charge in [0.15, 0.2) is 5.78 Å². The van der Waals surface area contributed by atoms with Crippen molar-refractivity contribution in [1.82, 2.24) is 4.72 Å². The van der Waals surface area contributed by atoms with Crippen LogP contribution in [-0.2, 0) is 26.1 Å². The first kappa shape index (κ1) is 25.6. The average molecular weight is 494 g/mol. The van der Waals surface area contributed by atoms with E-state index in [2.05, 4.69) is 4.72 Å². The quantitative estimate of drug-likeness (QED) is 0.465. The van der Waals surface area contributed by atoms with Gasteiger partial charge < -0.3 is 24.5 Å². The highest BCUT2D eigenvalue weighted by Crippen LogP contribution is 2.35. The number of nitrogens with one attached hydrogen (secondary N) is 1. The van der Waals surface area contributed by atoms with E-state index in [-0.39, 0.29) is 35.4 Å². The van der Waals surface area contributed by atoms with Gasteiger partial charge in [-0.25, -0.2) is 17.9 Å². The van der Waals surface area contributed by atoms with E-state index in [9.17, 15) is 33.3 Å². The van der Waals surface area contributed by atoms with Crippen LogP contribution in [0, 0.1) is 5.92 Å². The molecule has 0 unspecified atom stereocenters. The molecule has 1 aromatic carbocycles. The number of fused-ring (bicyclic) bond motifs is 3. The number of rotatable bonds is 3. The maximum atomic E-state index is 13.0. The summed E-state index contributed by atoms with van der Waals surface area (Å²) in [5, 5.41) is 31.3. The van der Waals surface area contributed by atoms with Crippen LogP contribution in [0.5, 0.6) is 5.75 Å². The standard InChI is InChI=1S/C23H27NO9S/c1-12-7-8-18(26)22(28)17(25)6-4-5-15-16-9-14(11-24-34(3,30)31)33-20(16)10-19(27)21(15)23(29)32-13(12)2/h4-5,7-10,12-13,17,22,24-25,27-28H,6,11H2,1-3H3/b5-4+,8-7-/t12-,13-,17-,22-/m0/s1. The molecule has 2 aromatic rings. The number of hydrogen-bond acceptors (Lipinski definition) is 9.